The van der Waals surface area contributed by atoms with Gasteiger partial charge >= 0.3 is 0 Å². The zero-order valence-electron chi connectivity index (χ0n) is 40.4. The number of nitrogens with zero attached hydrogens (tertiary/aromatic N) is 3. The van der Waals surface area contributed by atoms with Crippen LogP contribution in [0.15, 0.2) is 232 Å². The first-order valence-electron chi connectivity index (χ1n) is 25.6. The highest BCUT2D eigenvalue weighted by Crippen LogP contribution is 2.66. The van der Waals surface area contributed by atoms with Crippen molar-refractivity contribution in [3.8, 4) is 0 Å². The molecule has 0 fully saturated rings. The van der Waals surface area contributed by atoms with Crippen molar-refractivity contribution in [3.05, 3.63) is 263 Å². The molecule has 0 amide bonds. The van der Waals surface area contributed by atoms with Gasteiger partial charge < -0.3 is 9.80 Å². The minimum atomic E-state index is -0.592. The van der Waals surface area contributed by atoms with E-state index in [-0.39, 0.29) is 12.1 Å². The van der Waals surface area contributed by atoms with Gasteiger partial charge in [-0.3, -0.25) is 0 Å². The maximum Gasteiger partial charge on any atom is 0.252 e. The third kappa shape index (κ3) is 4.82. The van der Waals surface area contributed by atoms with Gasteiger partial charge in [0.2, 0.25) is 0 Å². The van der Waals surface area contributed by atoms with Crippen LogP contribution >= 0.6 is 23.5 Å². The van der Waals surface area contributed by atoms with Crippen LogP contribution in [0.5, 0.6) is 0 Å². The molecule has 0 N–H and O–H groups in total. The van der Waals surface area contributed by atoms with Crippen LogP contribution in [0.25, 0.3) is 21.7 Å². The first-order chi connectivity index (χ1) is 35.9. The maximum absolute atomic E-state index is 6.03. The van der Waals surface area contributed by atoms with Crippen LogP contribution in [0, 0.1) is 0 Å². The Bertz CT molecular complexity index is 4220. The number of hydrogen-bond acceptors (Lipinski definition) is 5. The van der Waals surface area contributed by atoms with E-state index in [2.05, 4.69) is 243 Å². The average Bonchev–Trinajstić information content (AvgIpc) is 3.43. The van der Waals surface area contributed by atoms with Crippen LogP contribution in [-0.2, 0) is 16.2 Å². The summed E-state index contributed by atoms with van der Waals surface area (Å²) in [4.78, 5) is 16.6. The number of para-hydroxylation sites is 4. The van der Waals surface area contributed by atoms with Crippen LogP contribution in [0.4, 0.5) is 34.1 Å². The summed E-state index contributed by atoms with van der Waals surface area (Å²) >= 11 is 3.81. The van der Waals surface area contributed by atoms with Crippen molar-refractivity contribution in [1.29, 1.82) is 0 Å². The van der Waals surface area contributed by atoms with E-state index in [1.165, 1.54) is 131 Å². The highest BCUT2D eigenvalue weighted by atomic mass is 32.2. The summed E-state index contributed by atoms with van der Waals surface area (Å²) in [6.07, 6.45) is 0. The quantitative estimate of drug-likeness (QED) is 0.111. The molecule has 11 aromatic rings. The second-order valence-electron chi connectivity index (χ2n) is 21.6. The second-order valence-corrected chi connectivity index (χ2v) is 23.8. The van der Waals surface area contributed by atoms with E-state index in [0.29, 0.717) is 0 Å². The Morgan fingerprint density at radius 2 is 0.795 bits per heavy atom. The van der Waals surface area contributed by atoms with Gasteiger partial charge in [0.1, 0.15) is 0 Å². The molecule has 0 atom stereocenters. The van der Waals surface area contributed by atoms with Gasteiger partial charge in [0.15, 0.2) is 0 Å². The van der Waals surface area contributed by atoms with Crippen LogP contribution in [0.3, 0.4) is 0 Å². The lowest BCUT2D eigenvalue weighted by atomic mass is 9.32. The lowest BCUT2D eigenvalue weighted by molar-refractivity contribution is 0.578. The molecule has 6 aliphatic heterocycles. The molecule has 7 heterocycles. The Morgan fingerprint density at radius 1 is 0.384 bits per heavy atom. The molecule has 17 rings (SSSR count). The molecular formula is C67H44BN3S2. The van der Waals surface area contributed by atoms with Gasteiger partial charge in [0, 0.05) is 52.8 Å². The van der Waals surface area contributed by atoms with Crippen molar-refractivity contribution >= 4 is 102 Å². The molecular weight excluding hydrogens is 922 g/mol. The molecule has 342 valence electrons. The molecule has 73 heavy (non-hydrogen) atoms. The predicted molar refractivity (Wildman–Crippen MR) is 304 cm³/mol. The number of benzene rings is 10. The zero-order valence-corrected chi connectivity index (χ0v) is 42.1. The Kier molecular flexibility index (Phi) is 7.85. The number of aromatic nitrogens is 1. The highest BCUT2D eigenvalue weighted by molar-refractivity contribution is 7.99. The summed E-state index contributed by atoms with van der Waals surface area (Å²) in [7, 11) is 0. The standard InChI is InChI=1S/C67H44BN3S2/c1-65(2,3)64-40-21-5-4-20-39(40)41-38-54-59-63(60(41)69-64)71-53-33-13-7-23-43(53)67(46-26-10-16-36-57(46)73-58-37-17-11-27-47(58)67)49-29-19-31-51(62(49)71)68(59)50-30-18-28-48-61(50)70(54)52-32-12-6-22-42(52)66(48)44-24-8-14-34-55(44)72-56-35-15-9-25-45(56)66/h4-38H,1-3H3. The van der Waals surface area contributed by atoms with Gasteiger partial charge in [-0.15, -0.1) is 0 Å². The van der Waals surface area contributed by atoms with E-state index in [9.17, 15) is 0 Å². The second kappa shape index (κ2) is 14.0. The number of anilines is 6. The Balaban J connectivity index is 1.09. The molecule has 0 unspecified atom stereocenters. The molecule has 6 aliphatic rings. The summed E-state index contributed by atoms with van der Waals surface area (Å²) in [6.45, 7) is 6.85. The summed E-state index contributed by atoms with van der Waals surface area (Å²) in [5.41, 5.74) is 22.7. The van der Waals surface area contributed by atoms with Crippen molar-refractivity contribution in [2.45, 2.75) is 56.6 Å². The molecule has 0 saturated heterocycles. The fourth-order valence-electron chi connectivity index (χ4n) is 14.6. The van der Waals surface area contributed by atoms with Crippen LogP contribution < -0.4 is 26.2 Å². The zero-order chi connectivity index (χ0) is 48.1. The fraction of sp³-hybridized carbons (Fsp3) is 0.0896. The Morgan fingerprint density at radius 3 is 1.30 bits per heavy atom. The molecule has 3 nitrogen and oxygen atoms in total. The summed E-state index contributed by atoms with van der Waals surface area (Å²) in [6, 6.07) is 81.6. The molecule has 6 heteroatoms. The third-order valence-electron chi connectivity index (χ3n) is 17.2. The van der Waals surface area contributed by atoms with Crippen molar-refractivity contribution < 1.29 is 0 Å². The SMILES string of the molecule is CC(C)(C)c1nc2c3c4c(cc2c2ccccc12)N1c2ccccc2C2(c5ccccc5Sc5ccccc52)c2cccc(c21)B4c1cccc2c1N3c1ccccc1C21c2ccccc2Sc2ccccc21. The molecule has 0 bridgehead atoms. The summed E-state index contributed by atoms with van der Waals surface area (Å²) in [5, 5.41) is 3.61. The Labute approximate surface area is 433 Å². The van der Waals surface area contributed by atoms with E-state index >= 15 is 0 Å². The van der Waals surface area contributed by atoms with Gasteiger partial charge in [-0.25, -0.2) is 4.98 Å². The normalized spacial score (nSPS) is 15.9. The van der Waals surface area contributed by atoms with Gasteiger partial charge in [0.05, 0.1) is 39.1 Å². The maximum atomic E-state index is 6.03. The van der Waals surface area contributed by atoms with Crippen molar-refractivity contribution in [2.24, 2.45) is 0 Å². The summed E-state index contributed by atoms with van der Waals surface area (Å²) < 4.78 is 0. The van der Waals surface area contributed by atoms with E-state index < -0.39 is 10.8 Å². The van der Waals surface area contributed by atoms with Crippen LogP contribution in [-0.4, -0.2) is 11.7 Å². The monoisotopic (exact) mass is 965 g/mol. The largest absolute Gasteiger partial charge is 0.311 e. The lowest BCUT2D eigenvalue weighted by Crippen LogP contribution is -2.63. The minimum absolute atomic E-state index is 0.116. The van der Waals surface area contributed by atoms with Crippen LogP contribution in [0.1, 0.15) is 71.0 Å². The smallest absolute Gasteiger partial charge is 0.252 e. The first-order valence-corrected chi connectivity index (χ1v) is 27.2. The lowest BCUT2D eigenvalue weighted by Gasteiger charge is -2.55. The Hall–Kier alpha value is -7.77. The van der Waals surface area contributed by atoms with Crippen LogP contribution in [0.2, 0.25) is 0 Å². The third-order valence-corrected chi connectivity index (χ3v) is 19.5. The van der Waals surface area contributed by atoms with E-state index in [0.717, 1.165) is 11.2 Å². The molecule has 10 aromatic carbocycles. The van der Waals surface area contributed by atoms with Gasteiger partial charge in [0.25, 0.3) is 6.71 Å². The average molecular weight is 966 g/mol. The highest BCUT2D eigenvalue weighted by Gasteiger charge is 2.58. The van der Waals surface area contributed by atoms with Crippen molar-refractivity contribution in [3.63, 3.8) is 0 Å². The van der Waals surface area contributed by atoms with Gasteiger partial charge in [-0.2, -0.15) is 0 Å². The first kappa shape index (κ1) is 40.8. The van der Waals surface area contributed by atoms with Crippen molar-refractivity contribution in [2.75, 3.05) is 9.80 Å². The molecule has 0 aliphatic carbocycles. The predicted octanol–water partition coefficient (Wildman–Crippen LogP) is 15.1. The van der Waals surface area contributed by atoms with E-state index in [1.54, 1.807) is 0 Å². The van der Waals surface area contributed by atoms with Crippen molar-refractivity contribution in [1.82, 2.24) is 4.98 Å². The number of fused-ring (bicyclic) bond motifs is 24. The molecule has 1 aromatic heterocycles. The minimum Gasteiger partial charge on any atom is -0.311 e. The van der Waals surface area contributed by atoms with E-state index in [4.69, 9.17) is 4.98 Å². The van der Waals surface area contributed by atoms with Gasteiger partial charge in [-0.1, -0.05) is 214 Å². The number of pyridine rings is 1. The molecule has 0 saturated carbocycles. The molecule has 2 spiro atoms. The topological polar surface area (TPSA) is 19.4 Å². The van der Waals surface area contributed by atoms with Gasteiger partial charge in [-0.05, 0) is 109 Å². The fourth-order valence-corrected chi connectivity index (χ4v) is 17.0. The molecule has 0 radical (unpaired) electrons. The van der Waals surface area contributed by atoms with E-state index in [1.807, 2.05) is 23.5 Å². The number of rotatable bonds is 0. The summed E-state index contributed by atoms with van der Waals surface area (Å²) in [5.74, 6) is 0. The number of hydrogen-bond donors (Lipinski definition) is 0.